The second-order valence-electron chi connectivity index (χ2n) is 8.36. The maximum absolute atomic E-state index is 12.7. The molecule has 2 aromatic heterocycles. The quantitative estimate of drug-likeness (QED) is 0.341. The van der Waals surface area contributed by atoms with Crippen LogP contribution in [-0.4, -0.2) is 49.5 Å². The molecule has 3 aromatic rings. The van der Waals surface area contributed by atoms with Crippen LogP contribution in [0.3, 0.4) is 0 Å². The van der Waals surface area contributed by atoms with Gasteiger partial charge in [0.25, 0.3) is 0 Å². The fourth-order valence-corrected chi connectivity index (χ4v) is 3.03. The van der Waals surface area contributed by atoms with Crippen LogP contribution in [0.15, 0.2) is 53.7 Å². The molecule has 0 aliphatic carbocycles. The van der Waals surface area contributed by atoms with Crippen molar-refractivity contribution >= 4 is 17.4 Å². The van der Waals surface area contributed by atoms with Gasteiger partial charge in [-0.05, 0) is 42.3 Å². The first-order valence-electron chi connectivity index (χ1n) is 11.2. The van der Waals surface area contributed by atoms with Crippen molar-refractivity contribution in [2.24, 2.45) is 24.0 Å². The summed E-state index contributed by atoms with van der Waals surface area (Å²) in [5.74, 6) is 0.683. The largest absolute Gasteiger partial charge is 0.389 e. The van der Waals surface area contributed by atoms with Crippen molar-refractivity contribution in [3.8, 4) is 0 Å². The lowest BCUT2D eigenvalue weighted by Crippen LogP contribution is -2.29. The van der Waals surface area contributed by atoms with Crippen LogP contribution in [0.5, 0.6) is 0 Å². The van der Waals surface area contributed by atoms with Crippen LogP contribution in [0.4, 0.5) is 5.82 Å². The minimum atomic E-state index is -0.224. The average molecular weight is 466 g/mol. The number of aryl methyl sites for hydroxylation is 1. The molecule has 1 amide bonds. The number of benzene rings is 1. The van der Waals surface area contributed by atoms with E-state index in [9.17, 15) is 4.79 Å². The third-order valence-corrected chi connectivity index (χ3v) is 5.27. The van der Waals surface area contributed by atoms with E-state index in [0.717, 1.165) is 5.56 Å². The predicted molar refractivity (Wildman–Crippen MR) is 128 cm³/mol. The van der Waals surface area contributed by atoms with Crippen molar-refractivity contribution < 1.29 is 14.4 Å². The first-order chi connectivity index (χ1) is 16.3. The summed E-state index contributed by atoms with van der Waals surface area (Å²) in [6.45, 7) is 8.48. The third-order valence-electron chi connectivity index (χ3n) is 5.27. The Bertz CT molecular complexity index is 1100. The van der Waals surface area contributed by atoms with Crippen LogP contribution in [0.1, 0.15) is 44.8 Å². The molecule has 0 aliphatic rings. The van der Waals surface area contributed by atoms with E-state index in [1.807, 2.05) is 64.1 Å². The molecule has 180 valence electrons. The van der Waals surface area contributed by atoms with Crippen LogP contribution in [0.2, 0.25) is 0 Å². The number of amides is 1. The van der Waals surface area contributed by atoms with Gasteiger partial charge in [-0.2, -0.15) is 0 Å². The number of ether oxygens (including phenoxy) is 1. The summed E-state index contributed by atoms with van der Waals surface area (Å²) in [7, 11) is 1.73. The lowest BCUT2D eigenvalue weighted by atomic mass is 9.96. The fourth-order valence-electron chi connectivity index (χ4n) is 3.03. The number of carbonyl (C=O) groups excluding carboxylic acids is 1. The fraction of sp³-hybridized carbons (Fsp3) is 0.417. The molecule has 2 unspecified atom stereocenters. The summed E-state index contributed by atoms with van der Waals surface area (Å²) in [6, 6.07) is 14.9. The summed E-state index contributed by atoms with van der Waals surface area (Å²) in [5, 5.41) is 18.8. The van der Waals surface area contributed by atoms with Crippen LogP contribution >= 0.6 is 0 Å². The number of carbonyl (C=O) groups is 1. The topological polar surface area (TPSA) is 116 Å². The molecule has 0 radical (unpaired) electrons. The summed E-state index contributed by atoms with van der Waals surface area (Å²) in [4.78, 5) is 22.7. The Kier molecular flexibility index (Phi) is 8.80. The Labute approximate surface area is 199 Å². The average Bonchev–Trinajstić information content (AvgIpc) is 3.26. The van der Waals surface area contributed by atoms with Crippen molar-refractivity contribution in [2.45, 2.75) is 40.4 Å². The summed E-state index contributed by atoms with van der Waals surface area (Å²) in [6.07, 6.45) is 0.131. The minimum Gasteiger partial charge on any atom is -0.389 e. The monoisotopic (exact) mass is 465 g/mol. The first kappa shape index (κ1) is 25.0. The SMILES string of the molecule is CC(C)OCC(C)C(C)C(=O)Nc1cccc(CON=C(c2ccccc2)c2nnnn2C)n1. The second-order valence-corrected chi connectivity index (χ2v) is 8.36. The predicted octanol–water partition coefficient (Wildman–Crippen LogP) is 3.21. The minimum absolute atomic E-state index is 0.0785. The van der Waals surface area contributed by atoms with E-state index in [1.165, 1.54) is 4.68 Å². The molecule has 2 atom stereocenters. The van der Waals surface area contributed by atoms with E-state index < -0.39 is 0 Å². The number of aromatic nitrogens is 5. The van der Waals surface area contributed by atoms with Gasteiger partial charge in [0.1, 0.15) is 5.82 Å². The molecule has 0 aliphatic heterocycles. The smallest absolute Gasteiger partial charge is 0.228 e. The summed E-state index contributed by atoms with van der Waals surface area (Å²) < 4.78 is 7.16. The van der Waals surface area contributed by atoms with Crippen molar-refractivity contribution in [1.82, 2.24) is 25.2 Å². The normalized spacial score (nSPS) is 13.5. The molecule has 34 heavy (non-hydrogen) atoms. The second kappa shape index (κ2) is 12.0. The first-order valence-corrected chi connectivity index (χ1v) is 11.2. The van der Waals surface area contributed by atoms with Gasteiger partial charge in [-0.15, -0.1) is 5.10 Å². The number of rotatable bonds is 11. The highest BCUT2D eigenvalue weighted by Gasteiger charge is 2.21. The van der Waals surface area contributed by atoms with Gasteiger partial charge < -0.3 is 14.9 Å². The molecule has 0 spiro atoms. The molecule has 0 saturated heterocycles. The number of hydrogen-bond acceptors (Lipinski definition) is 8. The summed E-state index contributed by atoms with van der Waals surface area (Å²) >= 11 is 0. The van der Waals surface area contributed by atoms with Crippen molar-refractivity contribution in [1.29, 1.82) is 0 Å². The number of nitrogens with zero attached hydrogens (tertiary/aromatic N) is 6. The molecule has 0 fully saturated rings. The highest BCUT2D eigenvalue weighted by atomic mass is 16.6. The van der Waals surface area contributed by atoms with Gasteiger partial charge in [-0.3, -0.25) is 4.79 Å². The van der Waals surface area contributed by atoms with Gasteiger partial charge in [0, 0.05) is 18.5 Å². The number of tetrazole rings is 1. The van der Waals surface area contributed by atoms with Crippen molar-refractivity contribution in [2.75, 3.05) is 11.9 Å². The molecule has 2 heterocycles. The maximum atomic E-state index is 12.7. The summed E-state index contributed by atoms with van der Waals surface area (Å²) in [5.41, 5.74) is 1.94. The van der Waals surface area contributed by atoms with Gasteiger partial charge in [0.15, 0.2) is 12.3 Å². The lowest BCUT2D eigenvalue weighted by molar-refractivity contribution is -0.121. The molecule has 10 heteroatoms. The highest BCUT2D eigenvalue weighted by Crippen LogP contribution is 2.16. The number of pyridine rings is 1. The van der Waals surface area contributed by atoms with E-state index in [-0.39, 0.29) is 30.5 Å². The Morgan fingerprint density at radius 1 is 1.09 bits per heavy atom. The third kappa shape index (κ3) is 6.92. The van der Waals surface area contributed by atoms with E-state index in [0.29, 0.717) is 29.7 Å². The van der Waals surface area contributed by atoms with Gasteiger partial charge in [0.05, 0.1) is 18.4 Å². The van der Waals surface area contributed by atoms with Crippen molar-refractivity contribution in [3.05, 3.63) is 65.6 Å². The molecule has 1 aromatic carbocycles. The Morgan fingerprint density at radius 2 is 1.85 bits per heavy atom. The zero-order valence-electron chi connectivity index (χ0n) is 20.2. The van der Waals surface area contributed by atoms with Crippen LogP contribution in [0.25, 0.3) is 0 Å². The van der Waals surface area contributed by atoms with Gasteiger partial charge in [-0.1, -0.05) is 55.4 Å². The van der Waals surface area contributed by atoms with E-state index in [2.05, 4.69) is 31.0 Å². The Hall–Kier alpha value is -3.66. The maximum Gasteiger partial charge on any atom is 0.228 e. The standard InChI is InChI=1S/C24H31N7O3/c1-16(2)33-14-17(3)18(4)24(32)26-21-13-9-12-20(25-21)15-34-28-22(19-10-7-6-8-11-19)23-27-29-30-31(23)5/h6-13,16-18H,14-15H2,1-5H3,(H,25,26,32). The van der Waals surface area contributed by atoms with Crippen molar-refractivity contribution in [3.63, 3.8) is 0 Å². The van der Waals surface area contributed by atoms with E-state index in [4.69, 9.17) is 9.57 Å². The molecular weight excluding hydrogens is 434 g/mol. The van der Waals surface area contributed by atoms with E-state index in [1.54, 1.807) is 19.2 Å². The van der Waals surface area contributed by atoms with Gasteiger partial charge >= 0.3 is 0 Å². The number of hydrogen-bond donors (Lipinski definition) is 1. The molecule has 10 nitrogen and oxygen atoms in total. The van der Waals surface area contributed by atoms with Gasteiger partial charge in [-0.25, -0.2) is 9.67 Å². The Morgan fingerprint density at radius 3 is 2.53 bits per heavy atom. The van der Waals surface area contributed by atoms with Crippen LogP contribution in [-0.2, 0) is 28.0 Å². The van der Waals surface area contributed by atoms with Crippen LogP contribution < -0.4 is 5.32 Å². The van der Waals surface area contributed by atoms with E-state index >= 15 is 0 Å². The zero-order chi connectivity index (χ0) is 24.5. The molecular formula is C24H31N7O3. The molecule has 0 saturated carbocycles. The lowest BCUT2D eigenvalue weighted by Gasteiger charge is -2.20. The number of nitrogens with one attached hydrogen (secondary N) is 1. The number of anilines is 1. The zero-order valence-corrected chi connectivity index (χ0v) is 20.2. The highest BCUT2D eigenvalue weighted by molar-refractivity contribution is 6.10. The molecule has 1 N–H and O–H groups in total. The molecule has 3 rings (SSSR count). The molecule has 0 bridgehead atoms. The van der Waals surface area contributed by atoms with Gasteiger partial charge in [0.2, 0.25) is 11.7 Å². The Balaban J connectivity index is 1.65. The van der Waals surface area contributed by atoms with Crippen LogP contribution in [0, 0.1) is 11.8 Å². The number of oxime groups is 1.